The number of piperazine rings is 1. The normalized spacial score (nSPS) is 19.3. The largest absolute Gasteiger partial charge is 0.481 e. The van der Waals surface area contributed by atoms with E-state index in [1.807, 2.05) is 24.4 Å². The van der Waals surface area contributed by atoms with Crippen LogP contribution in [0.2, 0.25) is 0 Å². The maximum atomic E-state index is 13.0. The molecule has 1 N–H and O–H groups in total. The summed E-state index contributed by atoms with van der Waals surface area (Å²) in [6, 6.07) is 10.4. The van der Waals surface area contributed by atoms with E-state index in [0.29, 0.717) is 29.2 Å². The molecule has 2 bridgehead atoms. The number of H-pyrrole nitrogens is 1. The van der Waals surface area contributed by atoms with E-state index in [2.05, 4.69) is 36.1 Å². The molecule has 12 heteroatoms. The first kappa shape index (κ1) is 22.8. The highest BCUT2D eigenvalue weighted by Crippen LogP contribution is 2.37. The van der Waals surface area contributed by atoms with Gasteiger partial charge in [0.1, 0.15) is 11.6 Å². The molecule has 3 saturated heterocycles. The molecule has 0 spiro atoms. The van der Waals surface area contributed by atoms with Gasteiger partial charge in [0.15, 0.2) is 5.65 Å². The van der Waals surface area contributed by atoms with Gasteiger partial charge in [0, 0.05) is 61.3 Å². The van der Waals surface area contributed by atoms with Crippen LogP contribution < -0.4 is 14.4 Å². The van der Waals surface area contributed by atoms with Crippen LogP contribution in [0, 0.1) is 0 Å². The minimum Gasteiger partial charge on any atom is -0.481 e. The van der Waals surface area contributed by atoms with Crippen LogP contribution in [-0.2, 0) is 6.54 Å². The highest BCUT2D eigenvalue weighted by molar-refractivity contribution is 6.00. The van der Waals surface area contributed by atoms with Crippen molar-refractivity contribution in [2.75, 3.05) is 25.1 Å². The Morgan fingerprint density at radius 3 is 2.66 bits per heavy atom. The van der Waals surface area contributed by atoms with E-state index in [9.17, 15) is 8.78 Å². The van der Waals surface area contributed by atoms with Gasteiger partial charge >= 0.3 is 6.61 Å². The molecule has 3 aliphatic rings. The highest BCUT2D eigenvalue weighted by Gasteiger charge is 2.44. The number of piperidine rings is 1. The van der Waals surface area contributed by atoms with Crippen molar-refractivity contribution >= 4 is 22.4 Å². The van der Waals surface area contributed by atoms with Crippen LogP contribution in [0.25, 0.3) is 27.7 Å². The predicted octanol–water partition coefficient (Wildman–Crippen LogP) is 3.74. The summed E-state index contributed by atoms with van der Waals surface area (Å²) >= 11 is 0. The molecule has 3 aliphatic heterocycles. The van der Waals surface area contributed by atoms with Gasteiger partial charge in [-0.3, -0.25) is 10.00 Å². The van der Waals surface area contributed by atoms with Crippen LogP contribution in [0.15, 0.2) is 55.1 Å². The zero-order valence-electron chi connectivity index (χ0n) is 20.5. The molecule has 5 aromatic rings. The number of rotatable bonds is 7. The first-order chi connectivity index (χ1) is 18.6. The van der Waals surface area contributed by atoms with E-state index >= 15 is 0 Å². The number of ether oxygens (including phenoxy) is 2. The van der Waals surface area contributed by atoms with Gasteiger partial charge < -0.3 is 14.4 Å². The number of nitrogens with one attached hydrogen (secondary N) is 1. The van der Waals surface area contributed by atoms with Crippen molar-refractivity contribution in [2.24, 2.45) is 0 Å². The number of aromatic nitrogens is 6. The standard InChI is InChI=1S/C26H24F2N8O2/c1-37-23-5-2-15(8-30-23)11-35-17-6-18(35)13-34(12-17)22-4-3-16(9-29-22)20-7-19(38-26(27)28)14-36-24(20)21-10-31-32-25(21)33-36/h2-5,7-10,14,17-18,26H,6,11-13H2,1H3,(H,32,33). The number of halogens is 2. The summed E-state index contributed by atoms with van der Waals surface area (Å²) < 4.78 is 37.3. The number of fused-ring (bicyclic) bond motifs is 5. The van der Waals surface area contributed by atoms with Crippen LogP contribution in [0.1, 0.15) is 12.0 Å². The lowest BCUT2D eigenvalue weighted by Gasteiger charge is -2.56. The third-order valence-electron chi connectivity index (χ3n) is 7.43. The molecule has 5 aromatic heterocycles. The first-order valence-electron chi connectivity index (χ1n) is 12.3. The van der Waals surface area contributed by atoms with Crippen molar-refractivity contribution in [2.45, 2.75) is 31.7 Å². The summed E-state index contributed by atoms with van der Waals surface area (Å²) in [5.41, 5.74) is 3.94. The third-order valence-corrected chi connectivity index (χ3v) is 7.43. The van der Waals surface area contributed by atoms with Gasteiger partial charge in [-0.25, -0.2) is 14.5 Å². The zero-order chi connectivity index (χ0) is 25.8. The maximum absolute atomic E-state index is 13.0. The summed E-state index contributed by atoms with van der Waals surface area (Å²) in [7, 11) is 1.62. The van der Waals surface area contributed by atoms with Crippen molar-refractivity contribution < 1.29 is 18.3 Å². The summed E-state index contributed by atoms with van der Waals surface area (Å²) in [5, 5.41) is 12.1. The maximum Gasteiger partial charge on any atom is 0.387 e. The molecule has 8 heterocycles. The fourth-order valence-corrected chi connectivity index (χ4v) is 5.63. The van der Waals surface area contributed by atoms with Crippen LogP contribution >= 0.6 is 0 Å². The molecule has 10 nitrogen and oxygen atoms in total. The molecular formula is C26H24F2N8O2. The minimum atomic E-state index is -2.94. The van der Waals surface area contributed by atoms with Crippen LogP contribution in [0.5, 0.6) is 11.6 Å². The summed E-state index contributed by atoms with van der Waals surface area (Å²) in [5.74, 6) is 1.54. The van der Waals surface area contributed by atoms with Gasteiger partial charge in [-0.15, -0.1) is 5.10 Å². The van der Waals surface area contributed by atoms with E-state index < -0.39 is 6.61 Å². The molecule has 3 fully saturated rings. The lowest BCUT2D eigenvalue weighted by Crippen LogP contribution is -2.68. The molecule has 0 amide bonds. The Labute approximate surface area is 215 Å². The quantitative estimate of drug-likeness (QED) is 0.348. The van der Waals surface area contributed by atoms with Crippen molar-refractivity contribution in [3.8, 4) is 22.8 Å². The Morgan fingerprint density at radius 2 is 1.95 bits per heavy atom. The van der Waals surface area contributed by atoms with Crippen LogP contribution in [0.3, 0.4) is 0 Å². The average molecular weight is 519 g/mol. The SMILES string of the molecule is COc1ccc(CN2C3CC2CN(c2ccc(-c4cc(OC(F)F)cn5nc6[nH]ncc6c45)cn2)C3)cn1. The van der Waals surface area contributed by atoms with Crippen LogP contribution in [-0.4, -0.2) is 73.6 Å². The lowest BCUT2D eigenvalue weighted by atomic mass is 9.87. The smallest absolute Gasteiger partial charge is 0.387 e. The molecule has 2 atom stereocenters. The number of hydrogen-bond acceptors (Lipinski definition) is 8. The van der Waals surface area contributed by atoms with Gasteiger partial charge in [0.2, 0.25) is 5.88 Å². The van der Waals surface area contributed by atoms with Crippen molar-refractivity contribution in [3.63, 3.8) is 0 Å². The summed E-state index contributed by atoms with van der Waals surface area (Å²) in [4.78, 5) is 13.9. The molecule has 38 heavy (non-hydrogen) atoms. The molecular weight excluding hydrogens is 494 g/mol. The second kappa shape index (κ2) is 8.91. The van der Waals surface area contributed by atoms with Gasteiger partial charge in [-0.1, -0.05) is 6.07 Å². The highest BCUT2D eigenvalue weighted by atomic mass is 19.3. The van der Waals surface area contributed by atoms with Crippen molar-refractivity contribution in [3.05, 3.63) is 60.7 Å². The molecule has 0 aromatic carbocycles. The van der Waals surface area contributed by atoms with Gasteiger partial charge in [-0.2, -0.15) is 13.9 Å². The molecule has 0 aliphatic carbocycles. The molecule has 0 radical (unpaired) electrons. The molecule has 2 unspecified atom stereocenters. The summed E-state index contributed by atoms with van der Waals surface area (Å²) in [6.45, 7) is -0.277. The Balaban J connectivity index is 1.12. The fourth-order valence-electron chi connectivity index (χ4n) is 5.63. The van der Waals surface area contributed by atoms with Crippen LogP contribution in [0.4, 0.5) is 14.6 Å². The number of anilines is 1. The Kier molecular flexibility index (Phi) is 5.36. The van der Waals surface area contributed by atoms with Crippen molar-refractivity contribution in [1.82, 2.24) is 34.7 Å². The number of aromatic amines is 1. The van der Waals surface area contributed by atoms with E-state index in [1.165, 1.54) is 22.7 Å². The predicted molar refractivity (Wildman–Crippen MR) is 135 cm³/mol. The minimum absolute atomic E-state index is 0.0213. The van der Waals surface area contributed by atoms with Gasteiger partial charge in [0.25, 0.3) is 0 Å². The lowest BCUT2D eigenvalue weighted by molar-refractivity contribution is -0.0501. The number of nitrogens with zero attached hydrogens (tertiary/aromatic N) is 7. The topological polar surface area (TPSA) is 96.7 Å². The second-order valence-electron chi connectivity index (χ2n) is 9.63. The van der Waals surface area contributed by atoms with E-state index in [0.717, 1.165) is 41.9 Å². The van der Waals surface area contributed by atoms with Gasteiger partial charge in [-0.05, 0) is 30.2 Å². The fraction of sp³-hybridized carbons (Fsp3) is 0.308. The zero-order valence-corrected chi connectivity index (χ0v) is 20.5. The van der Waals surface area contributed by atoms with Gasteiger partial charge in [0.05, 0.1) is 30.4 Å². The average Bonchev–Trinajstić information content (AvgIpc) is 3.53. The molecule has 194 valence electrons. The van der Waals surface area contributed by atoms with E-state index in [-0.39, 0.29) is 5.75 Å². The van der Waals surface area contributed by atoms with E-state index in [4.69, 9.17) is 14.5 Å². The number of pyridine rings is 3. The Bertz CT molecular complexity index is 1590. The van der Waals surface area contributed by atoms with Crippen molar-refractivity contribution in [1.29, 1.82) is 0 Å². The van der Waals surface area contributed by atoms with E-state index in [1.54, 1.807) is 25.6 Å². The summed E-state index contributed by atoms with van der Waals surface area (Å²) in [6.07, 6.45) is 7.94. The monoisotopic (exact) mass is 518 g/mol. The Hall–Kier alpha value is -4.32. The number of hydrogen-bond donors (Lipinski definition) is 1. The number of alkyl halides is 2. The second-order valence-corrected chi connectivity index (χ2v) is 9.63. The first-order valence-corrected chi connectivity index (χ1v) is 12.3. The Morgan fingerprint density at radius 1 is 1.08 bits per heavy atom. The number of methoxy groups -OCH3 is 1. The molecule has 0 saturated carbocycles. The molecule has 8 rings (SSSR count). The third kappa shape index (κ3) is 3.88.